The van der Waals surface area contributed by atoms with Crippen LogP contribution < -0.4 is 0 Å². The summed E-state index contributed by atoms with van der Waals surface area (Å²) in [6.07, 6.45) is -0.464. The monoisotopic (exact) mass is 433 g/mol. The summed E-state index contributed by atoms with van der Waals surface area (Å²) in [5.41, 5.74) is 6.13. The second-order valence-corrected chi connectivity index (χ2v) is 8.27. The van der Waals surface area contributed by atoms with Gasteiger partial charge in [-0.1, -0.05) is 72.3 Å². The number of nitrogens with zero attached hydrogens (tertiary/aromatic N) is 1. The molecule has 0 fully saturated rings. The van der Waals surface area contributed by atoms with Crippen LogP contribution in [-0.2, 0) is 22.5 Å². The summed E-state index contributed by atoms with van der Waals surface area (Å²) >= 11 is 6.25. The normalized spacial score (nSPS) is 16.9. The fraction of sp³-hybridized carbons (Fsp3) is 0.200. The molecule has 156 valence electrons. The number of ether oxygens (including phenoxy) is 1. The van der Waals surface area contributed by atoms with Gasteiger partial charge < -0.3 is 9.84 Å². The van der Waals surface area contributed by atoms with E-state index in [2.05, 4.69) is 12.1 Å². The first-order valence-corrected chi connectivity index (χ1v) is 10.5. The molecule has 1 heterocycles. The molecule has 0 saturated carbocycles. The van der Waals surface area contributed by atoms with Crippen molar-refractivity contribution in [2.75, 3.05) is 6.61 Å². The lowest BCUT2D eigenvalue weighted by atomic mass is 9.94. The number of carbonyl (C=O) groups is 2. The molecule has 0 radical (unpaired) electrons. The smallest absolute Gasteiger partial charge is 0.410 e. The molecule has 31 heavy (non-hydrogen) atoms. The number of carboxylic acid groups (broad SMARTS) is 1. The van der Waals surface area contributed by atoms with Gasteiger partial charge in [-0.25, -0.2) is 9.59 Å². The molecule has 3 aromatic rings. The predicted molar refractivity (Wildman–Crippen MR) is 117 cm³/mol. The Labute approximate surface area is 184 Å². The van der Waals surface area contributed by atoms with Crippen LogP contribution >= 0.6 is 11.6 Å². The Morgan fingerprint density at radius 2 is 1.61 bits per heavy atom. The van der Waals surface area contributed by atoms with Crippen LogP contribution in [0.5, 0.6) is 0 Å². The highest BCUT2D eigenvalue weighted by molar-refractivity contribution is 6.31. The van der Waals surface area contributed by atoms with Gasteiger partial charge in [0.15, 0.2) is 0 Å². The fourth-order valence-electron chi connectivity index (χ4n) is 4.67. The van der Waals surface area contributed by atoms with Gasteiger partial charge in [0.2, 0.25) is 0 Å². The molecular formula is C25H20ClNO4. The molecule has 0 spiro atoms. The van der Waals surface area contributed by atoms with Crippen molar-refractivity contribution in [1.82, 2.24) is 4.90 Å². The molecular weight excluding hydrogens is 414 g/mol. The van der Waals surface area contributed by atoms with E-state index in [4.69, 9.17) is 16.3 Å². The van der Waals surface area contributed by atoms with Crippen molar-refractivity contribution in [3.63, 3.8) is 0 Å². The minimum atomic E-state index is -1.07. The van der Waals surface area contributed by atoms with Crippen molar-refractivity contribution < 1.29 is 19.4 Å². The Kier molecular flexibility index (Phi) is 4.91. The van der Waals surface area contributed by atoms with Gasteiger partial charge in [-0.15, -0.1) is 0 Å². The van der Waals surface area contributed by atoms with Crippen LogP contribution in [0.2, 0.25) is 5.02 Å². The predicted octanol–water partition coefficient (Wildman–Crippen LogP) is 5.10. The van der Waals surface area contributed by atoms with Crippen molar-refractivity contribution in [3.8, 4) is 11.1 Å². The first-order chi connectivity index (χ1) is 15.0. The minimum Gasteiger partial charge on any atom is -0.480 e. The summed E-state index contributed by atoms with van der Waals surface area (Å²) in [6.45, 7) is 0.307. The van der Waals surface area contributed by atoms with Gasteiger partial charge in [-0.2, -0.15) is 0 Å². The van der Waals surface area contributed by atoms with E-state index in [0.29, 0.717) is 5.02 Å². The Balaban J connectivity index is 1.39. The topological polar surface area (TPSA) is 66.8 Å². The standard InChI is InChI=1S/C25H20ClNO4/c26-22-11-5-6-15-13-27(23(24(28)29)12-20(15)22)25(30)31-14-21-18-9-3-1-7-16(18)17-8-2-4-10-19(17)21/h1-11,21,23H,12-14H2,(H,28,29)/t23-/m1/s1. The second-order valence-electron chi connectivity index (χ2n) is 7.87. The molecule has 5 rings (SSSR count). The molecule has 1 atom stereocenters. The molecule has 0 aromatic heterocycles. The van der Waals surface area contributed by atoms with E-state index in [9.17, 15) is 14.7 Å². The Morgan fingerprint density at radius 3 is 2.26 bits per heavy atom. The molecule has 0 unspecified atom stereocenters. The van der Waals surface area contributed by atoms with Gasteiger partial charge >= 0.3 is 12.1 Å². The SMILES string of the molecule is O=C(O)[C@H]1Cc2c(Cl)cccc2CN1C(=O)OCC1c2ccccc2-c2ccccc21. The molecule has 0 saturated heterocycles. The number of fused-ring (bicyclic) bond motifs is 4. The highest BCUT2D eigenvalue weighted by Crippen LogP contribution is 2.44. The summed E-state index contributed by atoms with van der Waals surface area (Å²) in [5.74, 6) is -1.15. The Hall–Kier alpha value is -3.31. The van der Waals surface area contributed by atoms with Crippen molar-refractivity contribution in [3.05, 3.63) is 94.0 Å². The highest BCUT2D eigenvalue weighted by atomic mass is 35.5. The van der Waals surface area contributed by atoms with Crippen LogP contribution in [0.3, 0.4) is 0 Å². The molecule has 5 nitrogen and oxygen atoms in total. The average Bonchev–Trinajstić information content (AvgIpc) is 3.10. The van der Waals surface area contributed by atoms with Crippen molar-refractivity contribution in [2.24, 2.45) is 0 Å². The quantitative estimate of drug-likeness (QED) is 0.624. The summed E-state index contributed by atoms with van der Waals surface area (Å²) in [5, 5.41) is 10.2. The van der Waals surface area contributed by atoms with Crippen LogP contribution in [0.15, 0.2) is 66.7 Å². The van der Waals surface area contributed by atoms with Crippen molar-refractivity contribution in [2.45, 2.75) is 24.9 Å². The summed E-state index contributed by atoms with van der Waals surface area (Å²) in [6, 6.07) is 20.6. The second kappa shape index (κ2) is 7.75. The lowest BCUT2D eigenvalue weighted by molar-refractivity contribution is -0.143. The van der Waals surface area contributed by atoms with Gasteiger partial charge in [0.05, 0.1) is 6.54 Å². The van der Waals surface area contributed by atoms with Gasteiger partial charge in [-0.05, 0) is 39.4 Å². The van der Waals surface area contributed by atoms with Crippen molar-refractivity contribution >= 4 is 23.7 Å². The third kappa shape index (κ3) is 3.35. The summed E-state index contributed by atoms with van der Waals surface area (Å²) in [4.78, 5) is 26.2. The maximum Gasteiger partial charge on any atom is 0.410 e. The molecule has 2 aliphatic rings. The number of hydrogen-bond acceptors (Lipinski definition) is 3. The summed E-state index contributed by atoms with van der Waals surface area (Å²) < 4.78 is 5.70. The third-order valence-electron chi connectivity index (χ3n) is 6.19. The lowest BCUT2D eigenvalue weighted by Crippen LogP contribution is -2.49. The van der Waals surface area contributed by atoms with Crippen LogP contribution in [0.4, 0.5) is 4.79 Å². The van der Waals surface area contributed by atoms with Gasteiger partial charge in [0, 0.05) is 17.4 Å². The van der Waals surface area contributed by atoms with E-state index in [0.717, 1.165) is 33.4 Å². The zero-order valence-corrected chi connectivity index (χ0v) is 17.4. The van der Waals surface area contributed by atoms with E-state index in [1.807, 2.05) is 42.5 Å². The highest BCUT2D eigenvalue weighted by Gasteiger charge is 2.37. The number of aliphatic carboxylic acids is 1. The first-order valence-electron chi connectivity index (χ1n) is 10.2. The molecule has 1 amide bonds. The average molecular weight is 434 g/mol. The molecule has 1 N–H and O–H groups in total. The van der Waals surface area contributed by atoms with Crippen LogP contribution in [0.1, 0.15) is 28.2 Å². The maximum atomic E-state index is 13.0. The fourth-order valence-corrected chi connectivity index (χ4v) is 4.94. The number of rotatable bonds is 3. The van der Waals surface area contributed by atoms with E-state index < -0.39 is 18.1 Å². The third-order valence-corrected chi connectivity index (χ3v) is 6.54. The number of carboxylic acids is 1. The van der Waals surface area contributed by atoms with Gasteiger partial charge in [0.25, 0.3) is 0 Å². The number of benzene rings is 3. The first kappa shape index (κ1) is 19.6. The van der Waals surface area contributed by atoms with E-state index >= 15 is 0 Å². The van der Waals surface area contributed by atoms with Gasteiger partial charge in [-0.3, -0.25) is 4.90 Å². The maximum absolute atomic E-state index is 13.0. The number of halogens is 1. The Morgan fingerprint density at radius 1 is 0.968 bits per heavy atom. The van der Waals surface area contributed by atoms with Crippen LogP contribution in [0, 0.1) is 0 Å². The van der Waals surface area contributed by atoms with E-state index in [-0.39, 0.29) is 25.5 Å². The largest absolute Gasteiger partial charge is 0.480 e. The lowest BCUT2D eigenvalue weighted by Gasteiger charge is -2.34. The van der Waals surface area contributed by atoms with Gasteiger partial charge in [0.1, 0.15) is 12.6 Å². The van der Waals surface area contributed by atoms with Crippen LogP contribution in [-0.4, -0.2) is 34.7 Å². The van der Waals surface area contributed by atoms with E-state index in [1.54, 1.807) is 12.1 Å². The van der Waals surface area contributed by atoms with Crippen molar-refractivity contribution in [1.29, 1.82) is 0 Å². The molecule has 3 aromatic carbocycles. The number of carbonyl (C=O) groups excluding carboxylic acids is 1. The zero-order valence-electron chi connectivity index (χ0n) is 16.6. The molecule has 1 aliphatic carbocycles. The molecule has 1 aliphatic heterocycles. The minimum absolute atomic E-state index is 0.0776. The number of hydrogen-bond donors (Lipinski definition) is 1. The zero-order chi connectivity index (χ0) is 21.5. The van der Waals surface area contributed by atoms with Crippen LogP contribution in [0.25, 0.3) is 11.1 Å². The number of amides is 1. The molecule has 0 bridgehead atoms. The summed E-state index contributed by atoms with van der Waals surface area (Å²) in [7, 11) is 0. The Bertz CT molecular complexity index is 1150. The molecule has 6 heteroatoms. The van der Waals surface area contributed by atoms with E-state index in [1.165, 1.54) is 4.90 Å².